The minimum Gasteiger partial charge on any atom is -0.456 e. The summed E-state index contributed by atoms with van der Waals surface area (Å²) in [7, 11) is 0. The number of benzene rings is 2. The number of amides is 1. The molecule has 1 aromatic heterocycles. The van der Waals surface area contributed by atoms with Crippen LogP contribution < -0.4 is 5.32 Å². The highest BCUT2D eigenvalue weighted by Crippen LogP contribution is 2.30. The number of aliphatic hydroxyl groups is 1. The Morgan fingerprint density at radius 1 is 1.17 bits per heavy atom. The van der Waals surface area contributed by atoms with Crippen LogP contribution in [-0.2, 0) is 4.74 Å². The molecule has 0 radical (unpaired) electrons. The summed E-state index contributed by atoms with van der Waals surface area (Å²) in [5.41, 5.74) is 1.79. The Morgan fingerprint density at radius 3 is 2.58 bits per heavy atom. The molecule has 5 heteroatoms. The van der Waals surface area contributed by atoms with Gasteiger partial charge in [-0.25, -0.2) is 4.79 Å². The molecule has 3 rings (SSSR count). The van der Waals surface area contributed by atoms with Crippen molar-refractivity contribution in [2.75, 3.05) is 6.61 Å². The topological polar surface area (TPSA) is 71.7 Å². The van der Waals surface area contributed by atoms with Crippen LogP contribution in [0.15, 0.2) is 46.9 Å². The van der Waals surface area contributed by atoms with E-state index in [0.29, 0.717) is 0 Å². The molecule has 126 valence electrons. The summed E-state index contributed by atoms with van der Waals surface area (Å²) in [4.78, 5) is 12.0. The fourth-order valence-electron chi connectivity index (χ4n) is 2.64. The van der Waals surface area contributed by atoms with Crippen LogP contribution in [0.5, 0.6) is 0 Å². The molecule has 0 aliphatic heterocycles. The molecule has 0 aliphatic rings. The molecular weight excluding hydrogens is 306 g/mol. The zero-order chi connectivity index (χ0) is 17.3. The van der Waals surface area contributed by atoms with Crippen LogP contribution >= 0.6 is 0 Å². The van der Waals surface area contributed by atoms with E-state index < -0.39 is 17.7 Å². The first-order valence-corrected chi connectivity index (χ1v) is 7.89. The maximum Gasteiger partial charge on any atom is 0.408 e. The Morgan fingerprint density at radius 2 is 1.88 bits per heavy atom. The average molecular weight is 327 g/mol. The second-order valence-corrected chi connectivity index (χ2v) is 6.74. The molecule has 1 amide bonds. The van der Waals surface area contributed by atoms with E-state index in [9.17, 15) is 9.90 Å². The molecule has 0 unspecified atom stereocenters. The monoisotopic (exact) mass is 327 g/mol. The summed E-state index contributed by atoms with van der Waals surface area (Å²) in [6.07, 6.45) is -0.557. The normalized spacial score (nSPS) is 13.2. The van der Waals surface area contributed by atoms with Gasteiger partial charge in [0, 0.05) is 10.8 Å². The molecule has 24 heavy (non-hydrogen) atoms. The smallest absolute Gasteiger partial charge is 0.408 e. The fraction of sp³-hybridized carbons (Fsp3) is 0.316. The van der Waals surface area contributed by atoms with Gasteiger partial charge < -0.3 is 19.6 Å². The lowest BCUT2D eigenvalue weighted by Crippen LogP contribution is -2.36. The van der Waals surface area contributed by atoms with Gasteiger partial charge >= 0.3 is 6.09 Å². The standard InChI is InChI=1S/C19H21NO4/c1-19(2,3)24-18(22)20-15(11-21)12-8-9-17-14(10-12)13-6-4-5-7-16(13)23-17/h4-10,15,21H,11H2,1-3H3,(H,20,22)/t15-/m1/s1. The predicted octanol–water partition coefficient (Wildman–Crippen LogP) is 4.14. The molecule has 1 atom stereocenters. The van der Waals surface area contributed by atoms with Crippen molar-refractivity contribution in [2.24, 2.45) is 0 Å². The lowest BCUT2D eigenvalue weighted by molar-refractivity contribution is 0.0482. The van der Waals surface area contributed by atoms with Crippen molar-refractivity contribution in [3.63, 3.8) is 0 Å². The van der Waals surface area contributed by atoms with Crippen molar-refractivity contribution in [3.8, 4) is 0 Å². The van der Waals surface area contributed by atoms with Crippen molar-refractivity contribution in [3.05, 3.63) is 48.0 Å². The zero-order valence-electron chi connectivity index (χ0n) is 14.0. The maximum absolute atomic E-state index is 12.0. The van der Waals surface area contributed by atoms with Gasteiger partial charge in [0.1, 0.15) is 16.8 Å². The Balaban J connectivity index is 1.91. The Hall–Kier alpha value is -2.53. The van der Waals surface area contributed by atoms with E-state index in [0.717, 1.165) is 27.5 Å². The number of para-hydroxylation sites is 1. The summed E-state index contributed by atoms with van der Waals surface area (Å²) < 4.78 is 11.0. The fourth-order valence-corrected chi connectivity index (χ4v) is 2.64. The number of carbonyl (C=O) groups is 1. The number of hydrogen-bond donors (Lipinski definition) is 2. The quantitative estimate of drug-likeness (QED) is 0.758. The molecule has 0 fully saturated rings. The average Bonchev–Trinajstić information content (AvgIpc) is 2.88. The summed E-state index contributed by atoms with van der Waals surface area (Å²) >= 11 is 0. The first-order valence-electron chi connectivity index (χ1n) is 7.89. The molecular formula is C19H21NO4. The van der Waals surface area contributed by atoms with E-state index in [1.807, 2.05) is 42.5 Å². The van der Waals surface area contributed by atoms with Gasteiger partial charge in [0.15, 0.2) is 0 Å². The third-order valence-electron chi connectivity index (χ3n) is 3.68. The minimum absolute atomic E-state index is 0.222. The van der Waals surface area contributed by atoms with Crippen LogP contribution in [0.25, 0.3) is 21.9 Å². The number of furan rings is 1. The van der Waals surface area contributed by atoms with E-state index in [1.54, 1.807) is 20.8 Å². The molecule has 2 N–H and O–H groups in total. The van der Waals surface area contributed by atoms with Gasteiger partial charge in [-0.15, -0.1) is 0 Å². The SMILES string of the molecule is CC(C)(C)OC(=O)N[C@H](CO)c1ccc2oc3ccccc3c2c1. The van der Waals surface area contributed by atoms with Gasteiger partial charge in [0.2, 0.25) is 0 Å². The molecule has 3 aromatic rings. The highest BCUT2D eigenvalue weighted by molar-refractivity contribution is 6.05. The van der Waals surface area contributed by atoms with Crippen LogP contribution in [0, 0.1) is 0 Å². The summed E-state index contributed by atoms with van der Waals surface area (Å²) in [5.74, 6) is 0. The van der Waals surface area contributed by atoms with E-state index in [-0.39, 0.29) is 6.61 Å². The maximum atomic E-state index is 12.0. The first-order chi connectivity index (χ1) is 11.4. The second kappa shape index (κ2) is 6.17. The number of fused-ring (bicyclic) bond motifs is 3. The molecule has 1 heterocycles. The Labute approximate surface area is 140 Å². The molecule has 5 nitrogen and oxygen atoms in total. The van der Waals surface area contributed by atoms with Crippen molar-refractivity contribution in [2.45, 2.75) is 32.4 Å². The third kappa shape index (κ3) is 3.36. The number of hydrogen-bond acceptors (Lipinski definition) is 4. The van der Waals surface area contributed by atoms with Crippen LogP contribution in [0.1, 0.15) is 32.4 Å². The van der Waals surface area contributed by atoms with Crippen molar-refractivity contribution in [1.82, 2.24) is 5.32 Å². The molecule has 2 aromatic carbocycles. The van der Waals surface area contributed by atoms with E-state index in [1.165, 1.54) is 0 Å². The summed E-state index contributed by atoms with van der Waals surface area (Å²) in [6, 6.07) is 12.8. The minimum atomic E-state index is -0.588. The lowest BCUT2D eigenvalue weighted by atomic mass is 10.0. The largest absolute Gasteiger partial charge is 0.456 e. The molecule has 0 spiro atoms. The number of ether oxygens (including phenoxy) is 1. The van der Waals surface area contributed by atoms with E-state index >= 15 is 0 Å². The van der Waals surface area contributed by atoms with Gasteiger partial charge in [-0.3, -0.25) is 0 Å². The molecule has 0 saturated carbocycles. The van der Waals surface area contributed by atoms with Crippen LogP contribution in [0.3, 0.4) is 0 Å². The van der Waals surface area contributed by atoms with Gasteiger partial charge in [-0.1, -0.05) is 24.3 Å². The van der Waals surface area contributed by atoms with Gasteiger partial charge in [-0.2, -0.15) is 0 Å². The molecule has 0 aliphatic carbocycles. The van der Waals surface area contributed by atoms with Crippen molar-refractivity contribution < 1.29 is 19.1 Å². The molecule has 0 bridgehead atoms. The third-order valence-corrected chi connectivity index (χ3v) is 3.68. The summed E-state index contributed by atoms with van der Waals surface area (Å²) in [5, 5.41) is 14.3. The van der Waals surface area contributed by atoms with Crippen LogP contribution in [0.2, 0.25) is 0 Å². The number of carbonyl (C=O) groups excluding carboxylic acids is 1. The second-order valence-electron chi connectivity index (χ2n) is 6.74. The Kier molecular flexibility index (Phi) is 4.20. The zero-order valence-corrected chi connectivity index (χ0v) is 14.0. The van der Waals surface area contributed by atoms with Crippen molar-refractivity contribution in [1.29, 1.82) is 0 Å². The van der Waals surface area contributed by atoms with E-state index in [4.69, 9.17) is 9.15 Å². The predicted molar refractivity (Wildman–Crippen MR) is 92.9 cm³/mol. The van der Waals surface area contributed by atoms with Gasteiger partial charge in [0.05, 0.1) is 12.6 Å². The summed E-state index contributed by atoms with van der Waals surface area (Å²) in [6.45, 7) is 5.17. The number of alkyl carbamates (subject to hydrolysis) is 1. The first kappa shape index (κ1) is 16.3. The molecule has 0 saturated heterocycles. The van der Waals surface area contributed by atoms with Gasteiger partial charge in [0.25, 0.3) is 0 Å². The van der Waals surface area contributed by atoms with E-state index in [2.05, 4.69) is 5.32 Å². The number of nitrogens with one attached hydrogen (secondary N) is 1. The lowest BCUT2D eigenvalue weighted by Gasteiger charge is -2.23. The highest BCUT2D eigenvalue weighted by atomic mass is 16.6. The van der Waals surface area contributed by atoms with Crippen molar-refractivity contribution >= 4 is 28.0 Å². The van der Waals surface area contributed by atoms with Gasteiger partial charge in [-0.05, 0) is 44.5 Å². The highest BCUT2D eigenvalue weighted by Gasteiger charge is 2.20. The van der Waals surface area contributed by atoms with Crippen LogP contribution in [0.4, 0.5) is 4.79 Å². The van der Waals surface area contributed by atoms with Crippen LogP contribution in [-0.4, -0.2) is 23.4 Å². The number of rotatable bonds is 3. The number of aliphatic hydroxyl groups excluding tert-OH is 1. The Bertz CT molecular complexity index is 876.